The maximum absolute atomic E-state index is 11.8. The lowest BCUT2D eigenvalue weighted by Gasteiger charge is -2.18. The predicted molar refractivity (Wildman–Crippen MR) is 68.2 cm³/mol. The van der Waals surface area contributed by atoms with Gasteiger partial charge in [-0.3, -0.25) is 14.5 Å². The zero-order valence-electron chi connectivity index (χ0n) is 10.7. The van der Waals surface area contributed by atoms with Gasteiger partial charge in [0.1, 0.15) is 0 Å². The first-order valence-corrected chi connectivity index (χ1v) is 5.50. The van der Waals surface area contributed by atoms with E-state index >= 15 is 0 Å². The molecule has 0 saturated heterocycles. The molecule has 92 valence electrons. The monoisotopic (exact) mass is 234 g/mol. The Hall–Kier alpha value is -1.68. The second kappa shape index (κ2) is 5.59. The number of anilines is 1. The van der Waals surface area contributed by atoms with Crippen molar-refractivity contribution in [3.8, 4) is 0 Å². The molecule has 0 heterocycles. The maximum Gasteiger partial charge on any atom is 0.241 e. The molecule has 0 aliphatic carbocycles. The third kappa shape index (κ3) is 3.67. The maximum atomic E-state index is 11.8. The molecule has 1 amide bonds. The highest BCUT2D eigenvalue weighted by Crippen LogP contribution is 2.10. The third-order valence-electron chi connectivity index (χ3n) is 2.71. The lowest BCUT2D eigenvalue weighted by molar-refractivity contribution is -0.119. The van der Waals surface area contributed by atoms with E-state index in [9.17, 15) is 9.59 Å². The van der Waals surface area contributed by atoms with Gasteiger partial charge < -0.3 is 5.32 Å². The molecular weight excluding hydrogens is 216 g/mol. The number of Topliss-reactive ketones (excluding diaryl/α,β-unsaturated/α-hetero) is 1. The summed E-state index contributed by atoms with van der Waals surface area (Å²) >= 11 is 0. The summed E-state index contributed by atoms with van der Waals surface area (Å²) in [7, 11) is 3.70. The molecule has 0 aliphatic heterocycles. The minimum Gasteiger partial charge on any atom is -0.325 e. The number of carbonyl (C=O) groups is 2. The highest BCUT2D eigenvalue weighted by Gasteiger charge is 2.14. The van der Waals surface area contributed by atoms with Crippen LogP contribution in [-0.2, 0) is 4.79 Å². The number of rotatable bonds is 4. The Balaban J connectivity index is 2.70. The average Bonchev–Trinajstić information content (AvgIpc) is 2.28. The van der Waals surface area contributed by atoms with Crippen LogP contribution in [0.15, 0.2) is 24.3 Å². The van der Waals surface area contributed by atoms with Gasteiger partial charge in [-0.05, 0) is 52.2 Å². The smallest absolute Gasteiger partial charge is 0.241 e. The average molecular weight is 234 g/mol. The normalized spacial score (nSPS) is 12.3. The Morgan fingerprint density at radius 1 is 1.18 bits per heavy atom. The van der Waals surface area contributed by atoms with Gasteiger partial charge >= 0.3 is 0 Å². The van der Waals surface area contributed by atoms with Gasteiger partial charge in [0.15, 0.2) is 5.78 Å². The number of benzene rings is 1. The van der Waals surface area contributed by atoms with Crippen molar-refractivity contribution in [2.45, 2.75) is 19.9 Å². The highest BCUT2D eigenvalue weighted by atomic mass is 16.2. The van der Waals surface area contributed by atoms with Crippen molar-refractivity contribution in [1.82, 2.24) is 4.90 Å². The fourth-order valence-corrected chi connectivity index (χ4v) is 1.27. The summed E-state index contributed by atoms with van der Waals surface area (Å²) in [6, 6.07) is 6.69. The Kier molecular flexibility index (Phi) is 4.40. The number of amides is 1. The first-order chi connectivity index (χ1) is 7.91. The number of carbonyl (C=O) groups excluding carboxylic acids is 2. The van der Waals surface area contributed by atoms with Crippen LogP contribution in [0.5, 0.6) is 0 Å². The van der Waals surface area contributed by atoms with Crippen LogP contribution < -0.4 is 5.32 Å². The van der Waals surface area contributed by atoms with Crippen molar-refractivity contribution in [3.05, 3.63) is 29.8 Å². The summed E-state index contributed by atoms with van der Waals surface area (Å²) < 4.78 is 0. The molecule has 17 heavy (non-hydrogen) atoms. The van der Waals surface area contributed by atoms with Crippen LogP contribution >= 0.6 is 0 Å². The Labute approximate surface area is 102 Å². The minimum atomic E-state index is -0.192. The SMILES string of the molecule is CC(=O)c1ccc(NC(=O)C(C)N(C)C)cc1. The van der Waals surface area contributed by atoms with E-state index < -0.39 is 0 Å². The van der Waals surface area contributed by atoms with Crippen molar-refractivity contribution >= 4 is 17.4 Å². The van der Waals surface area contributed by atoms with Gasteiger partial charge in [0.05, 0.1) is 6.04 Å². The first kappa shape index (κ1) is 13.4. The molecule has 4 heteroatoms. The molecule has 0 bridgehead atoms. The summed E-state index contributed by atoms with van der Waals surface area (Å²) in [4.78, 5) is 24.7. The topological polar surface area (TPSA) is 49.4 Å². The van der Waals surface area contributed by atoms with E-state index in [2.05, 4.69) is 5.32 Å². The number of nitrogens with one attached hydrogen (secondary N) is 1. The number of ketones is 1. The van der Waals surface area contributed by atoms with Gasteiger partial charge in [0.2, 0.25) is 5.91 Å². The van der Waals surface area contributed by atoms with Crippen LogP contribution in [0.2, 0.25) is 0 Å². The molecule has 1 rings (SSSR count). The van der Waals surface area contributed by atoms with E-state index in [1.54, 1.807) is 24.3 Å². The van der Waals surface area contributed by atoms with Crippen LogP contribution in [0.3, 0.4) is 0 Å². The van der Waals surface area contributed by atoms with E-state index in [0.29, 0.717) is 11.3 Å². The molecule has 0 saturated carbocycles. The second-order valence-corrected chi connectivity index (χ2v) is 4.26. The fraction of sp³-hybridized carbons (Fsp3) is 0.385. The van der Waals surface area contributed by atoms with E-state index in [4.69, 9.17) is 0 Å². The van der Waals surface area contributed by atoms with Crippen LogP contribution in [-0.4, -0.2) is 36.7 Å². The highest BCUT2D eigenvalue weighted by molar-refractivity contribution is 5.96. The molecule has 0 radical (unpaired) electrons. The molecule has 4 nitrogen and oxygen atoms in total. The molecule has 1 aromatic carbocycles. The lowest BCUT2D eigenvalue weighted by Crippen LogP contribution is -2.37. The molecule has 1 aromatic rings. The standard InChI is InChI=1S/C13H18N2O2/c1-9(15(3)4)13(17)14-12-7-5-11(6-8-12)10(2)16/h5-9H,1-4H3,(H,14,17). The van der Waals surface area contributed by atoms with Crippen LogP contribution in [0, 0.1) is 0 Å². The molecular formula is C13H18N2O2. The van der Waals surface area contributed by atoms with Crippen molar-refractivity contribution < 1.29 is 9.59 Å². The molecule has 1 unspecified atom stereocenters. The zero-order valence-corrected chi connectivity index (χ0v) is 10.7. The number of nitrogens with zero attached hydrogens (tertiary/aromatic N) is 1. The van der Waals surface area contributed by atoms with Crippen molar-refractivity contribution in [1.29, 1.82) is 0 Å². The van der Waals surface area contributed by atoms with E-state index in [0.717, 1.165) is 0 Å². The zero-order chi connectivity index (χ0) is 13.0. The quantitative estimate of drug-likeness (QED) is 0.808. The molecule has 0 aliphatic rings. The summed E-state index contributed by atoms with van der Waals surface area (Å²) in [5, 5.41) is 2.80. The van der Waals surface area contributed by atoms with Gasteiger partial charge in [-0.2, -0.15) is 0 Å². The van der Waals surface area contributed by atoms with Crippen LogP contribution in [0.25, 0.3) is 0 Å². The Bertz CT molecular complexity index is 410. The van der Waals surface area contributed by atoms with Crippen molar-refractivity contribution in [2.24, 2.45) is 0 Å². The summed E-state index contributed by atoms with van der Waals surface area (Å²) in [6.45, 7) is 3.35. The van der Waals surface area contributed by atoms with Gasteiger partial charge in [0, 0.05) is 11.3 Å². The van der Waals surface area contributed by atoms with Gasteiger partial charge in [-0.25, -0.2) is 0 Å². The first-order valence-electron chi connectivity index (χ1n) is 5.50. The summed E-state index contributed by atoms with van der Waals surface area (Å²) in [6.07, 6.45) is 0. The number of likely N-dealkylation sites (N-methyl/N-ethyl adjacent to an activating group) is 1. The number of hydrogen-bond donors (Lipinski definition) is 1. The Morgan fingerprint density at radius 3 is 2.12 bits per heavy atom. The van der Waals surface area contributed by atoms with E-state index in [-0.39, 0.29) is 17.7 Å². The minimum absolute atomic E-state index is 0.0181. The molecule has 0 fully saturated rings. The lowest BCUT2D eigenvalue weighted by atomic mass is 10.1. The Morgan fingerprint density at radius 2 is 1.71 bits per heavy atom. The van der Waals surface area contributed by atoms with Crippen LogP contribution in [0.4, 0.5) is 5.69 Å². The van der Waals surface area contributed by atoms with Crippen molar-refractivity contribution in [2.75, 3.05) is 19.4 Å². The molecule has 0 aromatic heterocycles. The summed E-state index contributed by atoms with van der Waals surface area (Å²) in [5.74, 6) is -0.0462. The van der Waals surface area contributed by atoms with Crippen LogP contribution in [0.1, 0.15) is 24.2 Å². The largest absolute Gasteiger partial charge is 0.325 e. The molecule has 1 atom stereocenters. The summed E-state index contributed by atoms with van der Waals surface area (Å²) in [5.41, 5.74) is 1.34. The predicted octanol–water partition coefficient (Wildman–Crippen LogP) is 1.78. The van der Waals surface area contributed by atoms with E-state index in [1.807, 2.05) is 25.9 Å². The molecule has 0 spiro atoms. The molecule has 1 N–H and O–H groups in total. The van der Waals surface area contributed by atoms with Gasteiger partial charge in [0.25, 0.3) is 0 Å². The third-order valence-corrected chi connectivity index (χ3v) is 2.71. The fourth-order valence-electron chi connectivity index (χ4n) is 1.27. The second-order valence-electron chi connectivity index (χ2n) is 4.26. The van der Waals surface area contributed by atoms with Gasteiger partial charge in [-0.1, -0.05) is 0 Å². The van der Waals surface area contributed by atoms with Gasteiger partial charge in [-0.15, -0.1) is 0 Å². The number of hydrogen-bond acceptors (Lipinski definition) is 3. The van der Waals surface area contributed by atoms with E-state index in [1.165, 1.54) is 6.92 Å². The van der Waals surface area contributed by atoms with Crippen molar-refractivity contribution in [3.63, 3.8) is 0 Å².